The molecule has 2 unspecified atom stereocenters. The van der Waals surface area contributed by atoms with Crippen molar-refractivity contribution in [1.29, 1.82) is 0 Å². The van der Waals surface area contributed by atoms with Crippen LogP contribution in [0.3, 0.4) is 0 Å². The highest BCUT2D eigenvalue weighted by Gasteiger charge is 2.29. The smallest absolute Gasteiger partial charge is 0.144 e. The Hall–Kier alpha value is -0.740. The summed E-state index contributed by atoms with van der Waals surface area (Å²) in [6.07, 6.45) is 1.49. The van der Waals surface area contributed by atoms with E-state index < -0.39 is 0 Å². The van der Waals surface area contributed by atoms with E-state index in [1.165, 1.54) is 4.88 Å². The lowest BCUT2D eigenvalue weighted by molar-refractivity contribution is -0.122. The monoisotopic (exact) mass is 238 g/mol. The number of hydrogen-bond acceptors (Lipinski definition) is 4. The quantitative estimate of drug-likeness (QED) is 0.874. The van der Waals surface area contributed by atoms with Crippen LogP contribution >= 0.6 is 11.3 Å². The van der Waals surface area contributed by atoms with E-state index in [1.807, 2.05) is 6.92 Å². The fourth-order valence-electron chi connectivity index (χ4n) is 2.19. The van der Waals surface area contributed by atoms with Crippen molar-refractivity contribution in [3.05, 3.63) is 15.6 Å². The minimum Gasteiger partial charge on any atom is -0.314 e. The normalized spacial score (nSPS) is 24.9. The van der Waals surface area contributed by atoms with Gasteiger partial charge in [-0.25, -0.2) is 4.98 Å². The molecule has 1 fully saturated rings. The first kappa shape index (κ1) is 11.7. The maximum atomic E-state index is 12.1. The zero-order chi connectivity index (χ0) is 11.7. The SMILES string of the molecule is Cc1nc(CC(=O)C2CCNC2C)sc1C. The topological polar surface area (TPSA) is 42.0 Å². The van der Waals surface area contributed by atoms with Crippen molar-refractivity contribution in [3.63, 3.8) is 0 Å². The van der Waals surface area contributed by atoms with Gasteiger partial charge in [0.1, 0.15) is 10.8 Å². The number of rotatable bonds is 3. The van der Waals surface area contributed by atoms with Crippen LogP contribution in [0.5, 0.6) is 0 Å². The lowest BCUT2D eigenvalue weighted by Gasteiger charge is -2.12. The molecule has 2 atom stereocenters. The van der Waals surface area contributed by atoms with Crippen molar-refractivity contribution >= 4 is 17.1 Å². The molecule has 1 aromatic rings. The van der Waals surface area contributed by atoms with Gasteiger partial charge < -0.3 is 5.32 Å². The van der Waals surface area contributed by atoms with Crippen LogP contribution in [-0.4, -0.2) is 23.4 Å². The molecule has 0 spiro atoms. The summed E-state index contributed by atoms with van der Waals surface area (Å²) in [6.45, 7) is 7.11. The second-order valence-electron chi connectivity index (χ2n) is 4.53. The Morgan fingerprint density at radius 1 is 1.56 bits per heavy atom. The molecule has 3 nitrogen and oxygen atoms in total. The summed E-state index contributed by atoms with van der Waals surface area (Å²) >= 11 is 1.65. The van der Waals surface area contributed by atoms with E-state index in [0.717, 1.165) is 23.7 Å². The summed E-state index contributed by atoms with van der Waals surface area (Å²) in [7, 11) is 0. The van der Waals surface area contributed by atoms with Gasteiger partial charge in [-0.2, -0.15) is 0 Å². The minimum atomic E-state index is 0.185. The number of nitrogens with one attached hydrogen (secondary N) is 1. The summed E-state index contributed by atoms with van der Waals surface area (Å²) in [6, 6.07) is 0.328. The first-order valence-electron chi connectivity index (χ1n) is 5.77. The van der Waals surface area contributed by atoms with Crippen molar-refractivity contribution in [2.45, 2.75) is 39.7 Å². The van der Waals surface area contributed by atoms with Crippen LogP contribution in [0, 0.1) is 19.8 Å². The van der Waals surface area contributed by atoms with Gasteiger partial charge >= 0.3 is 0 Å². The molecule has 0 aromatic carbocycles. The highest BCUT2D eigenvalue weighted by atomic mass is 32.1. The second-order valence-corrected chi connectivity index (χ2v) is 5.82. The molecule has 2 heterocycles. The number of ketones is 1. The fraction of sp³-hybridized carbons (Fsp3) is 0.667. The summed E-state index contributed by atoms with van der Waals surface area (Å²) < 4.78 is 0. The lowest BCUT2D eigenvalue weighted by atomic mass is 9.95. The van der Waals surface area contributed by atoms with Gasteiger partial charge in [0.25, 0.3) is 0 Å². The summed E-state index contributed by atoms with van der Waals surface area (Å²) in [5.41, 5.74) is 1.06. The van der Waals surface area contributed by atoms with Crippen LogP contribution in [0.4, 0.5) is 0 Å². The van der Waals surface area contributed by atoms with E-state index in [1.54, 1.807) is 11.3 Å². The van der Waals surface area contributed by atoms with E-state index in [4.69, 9.17) is 0 Å². The van der Waals surface area contributed by atoms with Gasteiger partial charge in [0.2, 0.25) is 0 Å². The second kappa shape index (κ2) is 4.63. The van der Waals surface area contributed by atoms with Gasteiger partial charge in [-0.3, -0.25) is 4.79 Å². The van der Waals surface area contributed by atoms with Crippen molar-refractivity contribution in [2.24, 2.45) is 5.92 Å². The number of aryl methyl sites for hydroxylation is 2. The highest BCUT2D eigenvalue weighted by molar-refractivity contribution is 7.11. The summed E-state index contributed by atoms with van der Waals surface area (Å²) in [5.74, 6) is 0.524. The molecule has 4 heteroatoms. The van der Waals surface area contributed by atoms with Crippen LogP contribution in [0.15, 0.2) is 0 Å². The summed E-state index contributed by atoms with van der Waals surface area (Å²) in [4.78, 5) is 17.7. The number of carbonyl (C=O) groups is 1. The molecule has 16 heavy (non-hydrogen) atoms. The van der Waals surface area contributed by atoms with E-state index in [-0.39, 0.29) is 5.92 Å². The molecule has 0 saturated carbocycles. The predicted molar refractivity (Wildman–Crippen MR) is 65.9 cm³/mol. The molecule has 1 aliphatic rings. The Balaban J connectivity index is 2.01. The summed E-state index contributed by atoms with van der Waals surface area (Å²) in [5, 5.41) is 4.29. The fourth-order valence-corrected chi connectivity index (χ4v) is 3.14. The molecule has 1 aliphatic heterocycles. The Bertz CT molecular complexity index is 380. The minimum absolute atomic E-state index is 0.185. The Morgan fingerprint density at radius 2 is 2.31 bits per heavy atom. The number of carbonyl (C=O) groups excluding carboxylic acids is 1. The van der Waals surface area contributed by atoms with E-state index in [9.17, 15) is 4.79 Å². The number of nitrogens with zero attached hydrogens (tertiary/aromatic N) is 1. The predicted octanol–water partition coefficient (Wildman–Crippen LogP) is 1.87. The maximum Gasteiger partial charge on any atom is 0.144 e. The molecule has 0 bridgehead atoms. The van der Waals surface area contributed by atoms with Crippen molar-refractivity contribution in [2.75, 3.05) is 6.54 Å². The average molecular weight is 238 g/mol. The molecule has 1 aromatic heterocycles. The third-order valence-corrected chi connectivity index (χ3v) is 4.41. The Labute approximate surface area is 100 Å². The highest BCUT2D eigenvalue weighted by Crippen LogP contribution is 2.22. The van der Waals surface area contributed by atoms with Crippen molar-refractivity contribution in [1.82, 2.24) is 10.3 Å². The number of thiazole rings is 1. The van der Waals surface area contributed by atoms with Crippen LogP contribution < -0.4 is 5.32 Å². The third kappa shape index (κ3) is 2.33. The molecular formula is C12H18N2OS. The largest absolute Gasteiger partial charge is 0.314 e. The van der Waals surface area contributed by atoms with E-state index in [0.29, 0.717) is 18.2 Å². The van der Waals surface area contributed by atoms with E-state index in [2.05, 4.69) is 24.1 Å². The zero-order valence-electron chi connectivity index (χ0n) is 10.0. The van der Waals surface area contributed by atoms with Crippen molar-refractivity contribution in [3.8, 4) is 0 Å². The van der Waals surface area contributed by atoms with Gasteiger partial charge in [-0.05, 0) is 33.7 Å². The van der Waals surface area contributed by atoms with Gasteiger partial charge in [0.05, 0.1) is 12.1 Å². The standard InChI is InChI=1S/C12H18N2OS/c1-7-9(3)16-12(14-7)6-11(15)10-4-5-13-8(10)2/h8,10,13H,4-6H2,1-3H3. The first-order valence-corrected chi connectivity index (χ1v) is 6.58. The van der Waals surface area contributed by atoms with Gasteiger partial charge in [-0.1, -0.05) is 0 Å². The van der Waals surface area contributed by atoms with Crippen molar-refractivity contribution < 1.29 is 4.79 Å². The number of hydrogen-bond donors (Lipinski definition) is 1. The van der Waals surface area contributed by atoms with Crippen LogP contribution in [-0.2, 0) is 11.2 Å². The Morgan fingerprint density at radius 3 is 2.81 bits per heavy atom. The number of Topliss-reactive ketones (excluding diaryl/α,β-unsaturated/α-hetero) is 1. The molecule has 2 rings (SSSR count). The zero-order valence-corrected chi connectivity index (χ0v) is 10.9. The maximum absolute atomic E-state index is 12.1. The molecule has 0 aliphatic carbocycles. The molecule has 1 saturated heterocycles. The molecular weight excluding hydrogens is 220 g/mol. The average Bonchev–Trinajstić information content (AvgIpc) is 2.74. The van der Waals surface area contributed by atoms with Gasteiger partial charge in [-0.15, -0.1) is 11.3 Å². The van der Waals surface area contributed by atoms with Crippen LogP contribution in [0.25, 0.3) is 0 Å². The molecule has 1 N–H and O–H groups in total. The first-order chi connectivity index (χ1) is 7.58. The molecule has 88 valence electrons. The van der Waals surface area contributed by atoms with Gasteiger partial charge in [0.15, 0.2) is 0 Å². The number of aromatic nitrogens is 1. The Kier molecular flexibility index (Phi) is 3.40. The molecule has 0 amide bonds. The van der Waals surface area contributed by atoms with E-state index >= 15 is 0 Å². The molecule has 0 radical (unpaired) electrons. The van der Waals surface area contributed by atoms with Gasteiger partial charge in [0, 0.05) is 16.8 Å². The van der Waals surface area contributed by atoms with Crippen LogP contribution in [0.2, 0.25) is 0 Å². The van der Waals surface area contributed by atoms with Crippen LogP contribution in [0.1, 0.15) is 28.9 Å². The third-order valence-electron chi connectivity index (χ3n) is 3.34. The lowest BCUT2D eigenvalue weighted by Crippen LogP contribution is -2.29.